The third-order valence-corrected chi connectivity index (χ3v) is 5.67. The van der Waals surface area contributed by atoms with Crippen LogP contribution in [0.25, 0.3) is 0 Å². The van der Waals surface area contributed by atoms with Gasteiger partial charge in [-0.15, -0.1) is 24.8 Å². The second-order valence-corrected chi connectivity index (χ2v) is 8.01. The van der Waals surface area contributed by atoms with Crippen LogP contribution in [0.5, 0.6) is 0 Å². The Balaban J connectivity index is 0.00000169. The average molecular weight is 402 g/mol. The third-order valence-electron chi connectivity index (χ3n) is 5.67. The normalized spacial score (nSPS) is 21.5. The number of rotatable bonds is 6. The quantitative estimate of drug-likeness (QED) is 0.766. The van der Waals surface area contributed by atoms with E-state index >= 15 is 0 Å². The van der Waals surface area contributed by atoms with Crippen LogP contribution in [-0.4, -0.2) is 36.0 Å². The first-order valence-corrected chi connectivity index (χ1v) is 9.35. The maximum Gasteiger partial charge on any atom is 0.240 e. The van der Waals surface area contributed by atoms with Crippen molar-refractivity contribution in [2.75, 3.05) is 19.6 Å². The molecule has 1 aliphatic carbocycles. The van der Waals surface area contributed by atoms with Crippen molar-refractivity contribution in [2.45, 2.75) is 57.5 Å². The van der Waals surface area contributed by atoms with Crippen LogP contribution < -0.4 is 11.1 Å². The molecule has 1 aliphatic heterocycles. The number of benzene rings is 1. The summed E-state index contributed by atoms with van der Waals surface area (Å²) in [5.41, 5.74) is 8.27. The van der Waals surface area contributed by atoms with Crippen LogP contribution in [-0.2, 0) is 11.3 Å². The van der Waals surface area contributed by atoms with Gasteiger partial charge in [-0.05, 0) is 55.2 Å². The molecular formula is C20H33Cl2N3O. The van der Waals surface area contributed by atoms with Crippen molar-refractivity contribution in [1.29, 1.82) is 0 Å². The van der Waals surface area contributed by atoms with Gasteiger partial charge in [0.25, 0.3) is 0 Å². The molecule has 1 unspecified atom stereocenters. The molecule has 2 fully saturated rings. The molecule has 6 heteroatoms. The van der Waals surface area contributed by atoms with Crippen molar-refractivity contribution in [3.05, 3.63) is 35.4 Å². The van der Waals surface area contributed by atoms with Gasteiger partial charge in [0.1, 0.15) is 0 Å². The summed E-state index contributed by atoms with van der Waals surface area (Å²) < 4.78 is 0. The minimum absolute atomic E-state index is 0. The molecule has 1 amide bonds. The lowest BCUT2D eigenvalue weighted by molar-refractivity contribution is -0.129. The van der Waals surface area contributed by atoms with E-state index in [1.807, 2.05) is 0 Å². The lowest BCUT2D eigenvalue weighted by Crippen LogP contribution is -2.59. The van der Waals surface area contributed by atoms with Gasteiger partial charge in [-0.2, -0.15) is 0 Å². The van der Waals surface area contributed by atoms with Gasteiger partial charge in [-0.1, -0.05) is 38.1 Å². The van der Waals surface area contributed by atoms with Crippen LogP contribution in [0, 0.1) is 5.92 Å². The number of carbonyl (C=O) groups excluding carboxylic acids is 1. The summed E-state index contributed by atoms with van der Waals surface area (Å²) >= 11 is 0. The summed E-state index contributed by atoms with van der Waals surface area (Å²) in [6.45, 7) is 8.39. The monoisotopic (exact) mass is 401 g/mol. The molecule has 2 aliphatic rings. The van der Waals surface area contributed by atoms with Crippen molar-refractivity contribution in [3.63, 3.8) is 0 Å². The van der Waals surface area contributed by atoms with Crippen molar-refractivity contribution < 1.29 is 4.79 Å². The van der Waals surface area contributed by atoms with Crippen LogP contribution in [0.15, 0.2) is 24.3 Å². The Morgan fingerprint density at radius 2 is 1.92 bits per heavy atom. The predicted molar refractivity (Wildman–Crippen MR) is 112 cm³/mol. The highest BCUT2D eigenvalue weighted by Crippen LogP contribution is 2.29. The minimum atomic E-state index is -0.573. The molecule has 1 saturated heterocycles. The van der Waals surface area contributed by atoms with E-state index in [9.17, 15) is 4.79 Å². The van der Waals surface area contributed by atoms with Gasteiger partial charge in [0.2, 0.25) is 5.91 Å². The Hall–Kier alpha value is -0.810. The smallest absolute Gasteiger partial charge is 0.240 e. The molecule has 26 heavy (non-hydrogen) atoms. The van der Waals surface area contributed by atoms with E-state index in [0.29, 0.717) is 11.8 Å². The number of carbonyl (C=O) groups is 1. The maximum absolute atomic E-state index is 12.1. The molecule has 0 spiro atoms. The van der Waals surface area contributed by atoms with Crippen LogP contribution in [0.3, 0.4) is 0 Å². The lowest BCUT2D eigenvalue weighted by Gasteiger charge is -2.36. The highest BCUT2D eigenvalue weighted by Gasteiger charge is 2.40. The lowest BCUT2D eigenvalue weighted by atomic mass is 9.77. The fourth-order valence-electron chi connectivity index (χ4n) is 3.69. The van der Waals surface area contributed by atoms with Gasteiger partial charge in [-0.3, -0.25) is 9.69 Å². The number of hydrogen-bond acceptors (Lipinski definition) is 3. The molecule has 1 aromatic carbocycles. The van der Waals surface area contributed by atoms with Crippen molar-refractivity contribution in [2.24, 2.45) is 11.7 Å². The van der Waals surface area contributed by atoms with E-state index in [2.05, 4.69) is 48.3 Å². The van der Waals surface area contributed by atoms with Gasteiger partial charge >= 0.3 is 0 Å². The third kappa shape index (κ3) is 5.59. The SMILES string of the molecule is CC(C)c1ccc(CN2CCC(CNC(=O)C3(N)CCC3)C2)cc1.Cl.Cl. The maximum atomic E-state index is 12.1. The summed E-state index contributed by atoms with van der Waals surface area (Å²) in [6, 6.07) is 8.98. The minimum Gasteiger partial charge on any atom is -0.354 e. The summed E-state index contributed by atoms with van der Waals surface area (Å²) in [4.78, 5) is 14.6. The van der Waals surface area contributed by atoms with Crippen LogP contribution in [0.2, 0.25) is 0 Å². The first-order valence-electron chi connectivity index (χ1n) is 9.35. The molecule has 1 aromatic rings. The molecule has 0 bridgehead atoms. The molecule has 3 rings (SSSR count). The molecule has 1 atom stereocenters. The Morgan fingerprint density at radius 3 is 2.46 bits per heavy atom. The van der Waals surface area contributed by atoms with Crippen molar-refractivity contribution in [3.8, 4) is 0 Å². The van der Waals surface area contributed by atoms with E-state index in [4.69, 9.17) is 5.73 Å². The molecule has 0 aromatic heterocycles. The number of nitrogens with one attached hydrogen (secondary N) is 1. The van der Waals surface area contributed by atoms with Gasteiger partial charge < -0.3 is 11.1 Å². The van der Waals surface area contributed by atoms with Crippen LogP contribution >= 0.6 is 24.8 Å². The van der Waals surface area contributed by atoms with Crippen LogP contribution in [0.4, 0.5) is 0 Å². The number of hydrogen-bond donors (Lipinski definition) is 2. The Bertz CT molecular complexity index is 573. The zero-order valence-electron chi connectivity index (χ0n) is 15.9. The summed E-state index contributed by atoms with van der Waals surface area (Å²) in [7, 11) is 0. The van der Waals surface area contributed by atoms with E-state index in [1.165, 1.54) is 11.1 Å². The highest BCUT2D eigenvalue weighted by atomic mass is 35.5. The Labute approximate surface area is 170 Å². The van der Waals surface area contributed by atoms with E-state index < -0.39 is 5.54 Å². The summed E-state index contributed by atoms with van der Waals surface area (Å²) in [5.74, 6) is 1.18. The molecule has 1 saturated carbocycles. The second kappa shape index (κ2) is 9.93. The van der Waals surface area contributed by atoms with E-state index in [0.717, 1.165) is 51.9 Å². The molecule has 0 radical (unpaired) electrons. The fraction of sp³-hybridized carbons (Fsp3) is 0.650. The Morgan fingerprint density at radius 1 is 1.27 bits per heavy atom. The average Bonchev–Trinajstić information content (AvgIpc) is 2.98. The summed E-state index contributed by atoms with van der Waals surface area (Å²) in [6.07, 6.45) is 3.91. The first-order chi connectivity index (χ1) is 11.5. The first kappa shape index (κ1) is 23.2. The Kier molecular flexibility index (Phi) is 8.87. The zero-order valence-corrected chi connectivity index (χ0v) is 17.5. The number of amides is 1. The topological polar surface area (TPSA) is 58.4 Å². The number of halogens is 2. The number of nitrogens with two attached hydrogens (primary N) is 1. The van der Waals surface area contributed by atoms with E-state index in [1.54, 1.807) is 0 Å². The van der Waals surface area contributed by atoms with Gasteiger partial charge in [0, 0.05) is 19.6 Å². The highest BCUT2D eigenvalue weighted by molar-refractivity contribution is 5.87. The van der Waals surface area contributed by atoms with E-state index in [-0.39, 0.29) is 30.7 Å². The standard InChI is InChI=1S/C20H31N3O.2ClH/c1-15(2)18-6-4-16(5-7-18)13-23-11-8-17(14-23)12-22-19(24)20(21)9-3-10-20;;/h4-7,15,17H,3,8-14,21H2,1-2H3,(H,22,24);2*1H. The largest absolute Gasteiger partial charge is 0.354 e. The molecule has 4 nitrogen and oxygen atoms in total. The zero-order chi connectivity index (χ0) is 17.2. The molecule has 1 heterocycles. The number of nitrogens with zero attached hydrogens (tertiary/aromatic N) is 1. The van der Waals surface area contributed by atoms with Gasteiger partial charge in [-0.25, -0.2) is 0 Å². The molecule has 3 N–H and O–H groups in total. The second-order valence-electron chi connectivity index (χ2n) is 8.01. The molecular weight excluding hydrogens is 369 g/mol. The number of likely N-dealkylation sites (tertiary alicyclic amines) is 1. The van der Waals surface area contributed by atoms with Crippen molar-refractivity contribution in [1.82, 2.24) is 10.2 Å². The van der Waals surface area contributed by atoms with Crippen molar-refractivity contribution >= 4 is 30.7 Å². The summed E-state index contributed by atoms with van der Waals surface area (Å²) in [5, 5.41) is 3.08. The van der Waals surface area contributed by atoms with Gasteiger partial charge in [0.15, 0.2) is 0 Å². The fourth-order valence-corrected chi connectivity index (χ4v) is 3.69. The van der Waals surface area contributed by atoms with Gasteiger partial charge in [0.05, 0.1) is 5.54 Å². The van der Waals surface area contributed by atoms with Crippen LogP contribution in [0.1, 0.15) is 56.6 Å². The predicted octanol–water partition coefficient (Wildman–Crippen LogP) is 3.47. The molecule has 148 valence electrons.